The van der Waals surface area contributed by atoms with E-state index in [2.05, 4.69) is 10.3 Å². The number of benzene rings is 1. The summed E-state index contributed by atoms with van der Waals surface area (Å²) in [7, 11) is 1.47. The van der Waals surface area contributed by atoms with Crippen molar-refractivity contribution in [3.63, 3.8) is 0 Å². The van der Waals surface area contributed by atoms with Crippen LogP contribution in [0.5, 0.6) is 5.88 Å². The zero-order chi connectivity index (χ0) is 13.8. The van der Waals surface area contributed by atoms with Gasteiger partial charge in [0.15, 0.2) is 0 Å². The highest BCUT2D eigenvalue weighted by molar-refractivity contribution is 6.30. The number of nitrogens with one attached hydrogen (secondary N) is 2. The summed E-state index contributed by atoms with van der Waals surface area (Å²) < 4.78 is 18.4. The summed E-state index contributed by atoms with van der Waals surface area (Å²) in [5, 5.41) is 10.8. The SMILES string of the molecule is COc1ncccc1C(=N)Nc1ccc(Cl)c(F)c1. The average Bonchev–Trinajstić information content (AvgIpc) is 2.43. The fourth-order valence-electron chi connectivity index (χ4n) is 1.53. The molecule has 1 aromatic carbocycles. The van der Waals surface area contributed by atoms with Gasteiger partial charge in [-0.05, 0) is 30.3 Å². The Morgan fingerprint density at radius 2 is 2.21 bits per heavy atom. The van der Waals surface area contributed by atoms with Crippen LogP contribution in [0.1, 0.15) is 5.56 Å². The summed E-state index contributed by atoms with van der Waals surface area (Å²) in [5.74, 6) is -0.154. The molecule has 0 saturated carbocycles. The molecule has 98 valence electrons. The van der Waals surface area contributed by atoms with Crippen LogP contribution in [-0.2, 0) is 0 Å². The van der Waals surface area contributed by atoms with Crippen LogP contribution in [0.4, 0.5) is 10.1 Å². The van der Waals surface area contributed by atoms with E-state index in [4.69, 9.17) is 21.7 Å². The normalized spacial score (nSPS) is 10.1. The minimum absolute atomic E-state index is 0.0380. The topological polar surface area (TPSA) is 58.0 Å². The molecule has 2 N–H and O–H groups in total. The van der Waals surface area contributed by atoms with Crippen LogP contribution in [0, 0.1) is 11.2 Å². The first kappa shape index (κ1) is 13.3. The molecule has 2 aromatic rings. The molecule has 4 nitrogen and oxygen atoms in total. The number of hydrogen-bond acceptors (Lipinski definition) is 3. The molecule has 0 amide bonds. The molecular formula is C13H11ClFN3O. The quantitative estimate of drug-likeness (QED) is 0.669. The molecule has 0 saturated heterocycles. The summed E-state index contributed by atoms with van der Waals surface area (Å²) in [6.07, 6.45) is 1.57. The van der Waals surface area contributed by atoms with Gasteiger partial charge in [0.1, 0.15) is 11.7 Å². The van der Waals surface area contributed by atoms with Crippen LogP contribution in [0.2, 0.25) is 5.02 Å². The van der Waals surface area contributed by atoms with E-state index in [0.717, 1.165) is 0 Å². The molecule has 19 heavy (non-hydrogen) atoms. The van der Waals surface area contributed by atoms with Crippen molar-refractivity contribution >= 4 is 23.1 Å². The molecule has 0 atom stereocenters. The number of rotatable bonds is 3. The van der Waals surface area contributed by atoms with Gasteiger partial charge in [-0.1, -0.05) is 11.6 Å². The van der Waals surface area contributed by atoms with E-state index in [1.165, 1.54) is 19.2 Å². The maximum atomic E-state index is 13.3. The van der Waals surface area contributed by atoms with Crippen molar-refractivity contribution in [2.45, 2.75) is 0 Å². The van der Waals surface area contributed by atoms with Gasteiger partial charge in [0.2, 0.25) is 5.88 Å². The molecule has 1 aromatic heterocycles. The Morgan fingerprint density at radius 3 is 2.89 bits per heavy atom. The second kappa shape index (κ2) is 5.67. The Labute approximate surface area is 114 Å². The smallest absolute Gasteiger partial charge is 0.224 e. The number of aromatic nitrogens is 1. The third-order valence-electron chi connectivity index (χ3n) is 2.42. The van der Waals surface area contributed by atoms with Gasteiger partial charge in [-0.3, -0.25) is 5.41 Å². The lowest BCUT2D eigenvalue weighted by atomic mass is 10.2. The number of ether oxygens (including phenoxy) is 1. The number of hydrogen-bond donors (Lipinski definition) is 2. The van der Waals surface area contributed by atoms with Crippen molar-refractivity contribution in [1.82, 2.24) is 4.98 Å². The highest BCUT2D eigenvalue weighted by atomic mass is 35.5. The van der Waals surface area contributed by atoms with Gasteiger partial charge in [0, 0.05) is 11.9 Å². The highest BCUT2D eigenvalue weighted by Crippen LogP contribution is 2.20. The average molecular weight is 280 g/mol. The van der Waals surface area contributed by atoms with Crippen molar-refractivity contribution in [2.24, 2.45) is 0 Å². The number of nitrogens with zero attached hydrogens (tertiary/aromatic N) is 1. The van der Waals surface area contributed by atoms with Crippen LogP contribution in [-0.4, -0.2) is 17.9 Å². The van der Waals surface area contributed by atoms with Crippen molar-refractivity contribution in [3.05, 3.63) is 52.9 Å². The van der Waals surface area contributed by atoms with E-state index >= 15 is 0 Å². The van der Waals surface area contributed by atoms with Gasteiger partial charge in [0.25, 0.3) is 0 Å². The van der Waals surface area contributed by atoms with Crippen LogP contribution >= 0.6 is 11.6 Å². The molecule has 2 rings (SSSR count). The van der Waals surface area contributed by atoms with Crippen LogP contribution in [0.25, 0.3) is 0 Å². The van der Waals surface area contributed by atoms with Crippen molar-refractivity contribution < 1.29 is 9.13 Å². The molecule has 0 aliphatic rings. The highest BCUT2D eigenvalue weighted by Gasteiger charge is 2.10. The zero-order valence-corrected chi connectivity index (χ0v) is 10.8. The van der Waals surface area contributed by atoms with E-state index in [1.54, 1.807) is 24.4 Å². The Morgan fingerprint density at radius 1 is 1.42 bits per heavy atom. The van der Waals surface area contributed by atoms with Crippen molar-refractivity contribution in [1.29, 1.82) is 5.41 Å². The molecule has 0 bridgehead atoms. The van der Waals surface area contributed by atoms with E-state index in [1.807, 2.05) is 0 Å². The second-order valence-electron chi connectivity index (χ2n) is 3.69. The number of halogens is 2. The molecule has 0 aliphatic heterocycles. The molecule has 0 unspecified atom stereocenters. The Hall–Kier alpha value is -2.14. The first-order valence-electron chi connectivity index (χ1n) is 5.42. The molecule has 0 radical (unpaired) electrons. The van der Waals surface area contributed by atoms with Gasteiger partial charge in [-0.2, -0.15) is 0 Å². The molecule has 0 spiro atoms. The first-order valence-corrected chi connectivity index (χ1v) is 5.79. The summed E-state index contributed by atoms with van der Waals surface area (Å²) in [6.45, 7) is 0. The van der Waals surface area contributed by atoms with Crippen LogP contribution < -0.4 is 10.1 Å². The fraction of sp³-hybridized carbons (Fsp3) is 0.0769. The third-order valence-corrected chi connectivity index (χ3v) is 2.73. The number of anilines is 1. The summed E-state index contributed by atoms with van der Waals surface area (Å²) in [5.41, 5.74) is 0.915. The van der Waals surface area contributed by atoms with E-state index in [9.17, 15) is 4.39 Å². The number of methoxy groups -OCH3 is 1. The summed E-state index contributed by atoms with van der Waals surface area (Å²) in [4.78, 5) is 3.99. The largest absolute Gasteiger partial charge is 0.480 e. The third kappa shape index (κ3) is 3.00. The van der Waals surface area contributed by atoms with Crippen molar-refractivity contribution in [2.75, 3.05) is 12.4 Å². The molecular weight excluding hydrogens is 269 g/mol. The maximum Gasteiger partial charge on any atom is 0.224 e. The lowest BCUT2D eigenvalue weighted by Crippen LogP contribution is -2.13. The van der Waals surface area contributed by atoms with Gasteiger partial charge in [-0.15, -0.1) is 0 Å². The predicted molar refractivity (Wildman–Crippen MR) is 72.7 cm³/mol. The zero-order valence-electron chi connectivity index (χ0n) is 10.1. The lowest BCUT2D eigenvalue weighted by Gasteiger charge is -2.10. The lowest BCUT2D eigenvalue weighted by molar-refractivity contribution is 0.397. The Balaban J connectivity index is 2.23. The number of pyridine rings is 1. The van der Waals surface area contributed by atoms with E-state index < -0.39 is 5.82 Å². The Bertz CT molecular complexity index is 619. The minimum Gasteiger partial charge on any atom is -0.480 e. The minimum atomic E-state index is -0.544. The first-order chi connectivity index (χ1) is 9.11. The van der Waals surface area contributed by atoms with Gasteiger partial charge in [0.05, 0.1) is 17.7 Å². The monoisotopic (exact) mass is 279 g/mol. The maximum absolute atomic E-state index is 13.3. The fourth-order valence-corrected chi connectivity index (χ4v) is 1.65. The molecule has 0 fully saturated rings. The summed E-state index contributed by atoms with van der Waals surface area (Å²) in [6, 6.07) is 7.61. The van der Waals surface area contributed by atoms with Gasteiger partial charge < -0.3 is 10.1 Å². The van der Waals surface area contributed by atoms with Crippen LogP contribution in [0.3, 0.4) is 0 Å². The predicted octanol–water partition coefficient (Wildman–Crippen LogP) is 3.32. The molecule has 6 heteroatoms. The molecule has 1 heterocycles. The van der Waals surface area contributed by atoms with E-state index in [-0.39, 0.29) is 10.9 Å². The van der Waals surface area contributed by atoms with Crippen molar-refractivity contribution in [3.8, 4) is 5.88 Å². The number of amidine groups is 1. The van der Waals surface area contributed by atoms with Crippen LogP contribution in [0.15, 0.2) is 36.5 Å². The van der Waals surface area contributed by atoms with Gasteiger partial charge in [-0.25, -0.2) is 9.37 Å². The Kier molecular flexibility index (Phi) is 3.97. The summed E-state index contributed by atoms with van der Waals surface area (Å²) >= 11 is 5.60. The standard InChI is InChI=1S/C13H11ClFN3O/c1-19-13-9(3-2-6-17-13)12(16)18-8-4-5-10(14)11(15)7-8/h2-7H,1H3,(H2,16,18). The van der Waals surface area contributed by atoms with E-state index in [0.29, 0.717) is 17.1 Å². The second-order valence-corrected chi connectivity index (χ2v) is 4.10. The molecule has 0 aliphatic carbocycles. The van der Waals surface area contributed by atoms with Gasteiger partial charge >= 0.3 is 0 Å².